The van der Waals surface area contributed by atoms with Gasteiger partial charge in [0.1, 0.15) is 4.88 Å². The van der Waals surface area contributed by atoms with Gasteiger partial charge in [0, 0.05) is 25.2 Å². The molecule has 1 aliphatic rings. The van der Waals surface area contributed by atoms with Gasteiger partial charge in [0.25, 0.3) is 5.91 Å². The zero-order valence-electron chi connectivity index (χ0n) is 15.7. The summed E-state index contributed by atoms with van der Waals surface area (Å²) in [4.78, 5) is 31.5. The zero-order chi connectivity index (χ0) is 19.4. The molecule has 146 valence electrons. The summed E-state index contributed by atoms with van der Waals surface area (Å²) >= 11 is 1.32. The number of morpholine rings is 1. The van der Waals surface area contributed by atoms with Crippen molar-refractivity contribution in [3.63, 3.8) is 0 Å². The van der Waals surface area contributed by atoms with Gasteiger partial charge >= 0.3 is 0 Å². The summed E-state index contributed by atoms with van der Waals surface area (Å²) in [6, 6.07) is 1.96. The van der Waals surface area contributed by atoms with Crippen LogP contribution in [-0.4, -0.2) is 52.9 Å². The summed E-state index contributed by atoms with van der Waals surface area (Å²) in [7, 11) is 0. The zero-order valence-corrected chi connectivity index (χ0v) is 16.6. The highest BCUT2D eigenvalue weighted by atomic mass is 32.1. The molecule has 0 radical (unpaired) electrons. The molecule has 2 amide bonds. The number of carbonyl (C=O) groups excluding carboxylic acids is 2. The Morgan fingerprint density at radius 3 is 2.63 bits per heavy atom. The summed E-state index contributed by atoms with van der Waals surface area (Å²) in [6.45, 7) is 8.94. The van der Waals surface area contributed by atoms with Gasteiger partial charge in [-0.3, -0.25) is 25.1 Å². The van der Waals surface area contributed by atoms with Crippen molar-refractivity contribution in [3.05, 3.63) is 28.0 Å². The number of nitrogens with zero attached hydrogens (tertiary/aromatic N) is 4. The van der Waals surface area contributed by atoms with Gasteiger partial charge < -0.3 is 9.64 Å². The largest absolute Gasteiger partial charge is 0.378 e. The van der Waals surface area contributed by atoms with Crippen molar-refractivity contribution in [3.8, 4) is 0 Å². The number of ether oxygens (including phenoxy) is 1. The summed E-state index contributed by atoms with van der Waals surface area (Å²) < 4.78 is 7.11. The SMILES string of the molecule is Cc1cc(C)n(CCC(=O)NNC(=O)c2sc(N3CCOCC3)nc2C)n1. The lowest BCUT2D eigenvalue weighted by Gasteiger charge is -2.25. The normalized spacial score (nSPS) is 14.3. The average molecular weight is 392 g/mol. The first kappa shape index (κ1) is 19.3. The van der Waals surface area contributed by atoms with Crippen LogP contribution in [0.1, 0.15) is 33.2 Å². The number of aryl methyl sites for hydroxylation is 4. The predicted molar refractivity (Wildman–Crippen MR) is 102 cm³/mol. The Morgan fingerprint density at radius 1 is 1.22 bits per heavy atom. The second kappa shape index (κ2) is 8.49. The summed E-state index contributed by atoms with van der Waals surface area (Å²) in [5, 5.41) is 5.12. The van der Waals surface area contributed by atoms with Crippen molar-refractivity contribution in [2.45, 2.75) is 33.7 Å². The highest BCUT2D eigenvalue weighted by molar-refractivity contribution is 7.17. The van der Waals surface area contributed by atoms with Crippen LogP contribution in [0.3, 0.4) is 0 Å². The van der Waals surface area contributed by atoms with Crippen molar-refractivity contribution >= 4 is 28.3 Å². The van der Waals surface area contributed by atoms with E-state index in [2.05, 4.69) is 25.8 Å². The molecule has 1 saturated heterocycles. The molecule has 0 spiro atoms. The van der Waals surface area contributed by atoms with Gasteiger partial charge in [-0.25, -0.2) is 4.98 Å². The van der Waals surface area contributed by atoms with Gasteiger partial charge in [0.15, 0.2) is 5.13 Å². The number of anilines is 1. The Morgan fingerprint density at radius 2 is 1.96 bits per heavy atom. The van der Waals surface area contributed by atoms with Crippen molar-refractivity contribution < 1.29 is 14.3 Å². The van der Waals surface area contributed by atoms with Crippen LogP contribution in [0.4, 0.5) is 5.13 Å². The number of hydrogen-bond donors (Lipinski definition) is 2. The Bertz CT molecular complexity index is 825. The van der Waals surface area contributed by atoms with Crippen molar-refractivity contribution in [1.82, 2.24) is 25.6 Å². The van der Waals surface area contributed by atoms with Crippen LogP contribution in [0.15, 0.2) is 6.07 Å². The molecule has 9 nitrogen and oxygen atoms in total. The smallest absolute Gasteiger partial charge is 0.281 e. The minimum Gasteiger partial charge on any atom is -0.378 e. The van der Waals surface area contributed by atoms with Gasteiger partial charge in [-0.15, -0.1) is 0 Å². The first-order chi connectivity index (χ1) is 12.9. The lowest BCUT2D eigenvalue weighted by molar-refractivity contribution is -0.122. The van der Waals surface area contributed by atoms with Gasteiger partial charge in [-0.2, -0.15) is 5.10 Å². The molecule has 0 atom stereocenters. The summed E-state index contributed by atoms with van der Waals surface area (Å²) in [5.41, 5.74) is 7.49. The van der Waals surface area contributed by atoms with Gasteiger partial charge in [-0.05, 0) is 26.8 Å². The fraction of sp³-hybridized carbons (Fsp3) is 0.529. The Balaban J connectivity index is 1.50. The lowest BCUT2D eigenvalue weighted by Crippen LogP contribution is -2.41. The molecular weight excluding hydrogens is 368 g/mol. The maximum absolute atomic E-state index is 12.4. The third-order valence-corrected chi connectivity index (χ3v) is 5.46. The third-order valence-electron chi connectivity index (χ3n) is 4.24. The van der Waals surface area contributed by atoms with E-state index in [9.17, 15) is 9.59 Å². The summed E-state index contributed by atoms with van der Waals surface area (Å²) in [5.74, 6) is -0.629. The molecule has 0 bridgehead atoms. The molecule has 0 aromatic carbocycles. The van der Waals surface area contributed by atoms with E-state index in [-0.39, 0.29) is 18.2 Å². The molecular formula is C17H24N6O3S. The Hall–Kier alpha value is -2.46. The second-order valence-corrected chi connectivity index (χ2v) is 7.39. The van der Waals surface area contributed by atoms with Crippen LogP contribution in [0.2, 0.25) is 0 Å². The van der Waals surface area contributed by atoms with E-state index in [1.54, 1.807) is 11.6 Å². The number of aromatic nitrogens is 3. The maximum atomic E-state index is 12.4. The van der Waals surface area contributed by atoms with E-state index in [1.165, 1.54) is 11.3 Å². The van der Waals surface area contributed by atoms with E-state index in [0.29, 0.717) is 30.3 Å². The van der Waals surface area contributed by atoms with Crippen LogP contribution in [-0.2, 0) is 16.1 Å². The first-order valence-corrected chi connectivity index (χ1v) is 9.66. The number of nitrogens with one attached hydrogen (secondary N) is 2. The van der Waals surface area contributed by atoms with Crippen molar-refractivity contribution in [2.24, 2.45) is 0 Å². The van der Waals surface area contributed by atoms with Crippen LogP contribution in [0.5, 0.6) is 0 Å². The number of hydrazine groups is 1. The maximum Gasteiger partial charge on any atom is 0.281 e. The van der Waals surface area contributed by atoms with Gasteiger partial charge in [0.2, 0.25) is 5.91 Å². The average Bonchev–Trinajstić information content (AvgIpc) is 3.20. The fourth-order valence-electron chi connectivity index (χ4n) is 2.84. The lowest BCUT2D eigenvalue weighted by atomic mass is 10.3. The summed E-state index contributed by atoms with van der Waals surface area (Å²) in [6.07, 6.45) is 0.225. The standard InChI is InChI=1S/C17H24N6O3S/c1-11-10-12(2)23(21-11)5-4-14(24)19-20-16(25)15-13(3)18-17(27-15)22-6-8-26-9-7-22/h10H,4-9H2,1-3H3,(H,19,24)(H,20,25). The molecule has 2 aromatic heterocycles. The minimum absolute atomic E-state index is 0.225. The van der Waals surface area contributed by atoms with E-state index in [4.69, 9.17) is 4.74 Å². The highest BCUT2D eigenvalue weighted by Crippen LogP contribution is 2.26. The third kappa shape index (κ3) is 4.83. The molecule has 2 N–H and O–H groups in total. The molecule has 1 fully saturated rings. The number of rotatable bonds is 5. The molecule has 0 aliphatic carbocycles. The predicted octanol–water partition coefficient (Wildman–Crippen LogP) is 0.953. The Kier molecular flexibility index (Phi) is 6.07. The molecule has 2 aromatic rings. The molecule has 0 unspecified atom stereocenters. The molecule has 27 heavy (non-hydrogen) atoms. The number of amides is 2. The van der Waals surface area contributed by atoms with Crippen LogP contribution >= 0.6 is 11.3 Å². The fourth-order valence-corrected chi connectivity index (χ4v) is 3.85. The number of carbonyl (C=O) groups is 2. The van der Waals surface area contributed by atoms with Crippen LogP contribution in [0, 0.1) is 20.8 Å². The number of thiazole rings is 1. The quantitative estimate of drug-likeness (QED) is 0.735. The highest BCUT2D eigenvalue weighted by Gasteiger charge is 2.20. The van der Waals surface area contributed by atoms with Crippen LogP contribution < -0.4 is 15.8 Å². The molecule has 1 aliphatic heterocycles. The topological polar surface area (TPSA) is 101 Å². The second-order valence-electron chi connectivity index (χ2n) is 6.41. The van der Waals surface area contributed by atoms with Crippen molar-refractivity contribution in [2.75, 3.05) is 31.2 Å². The van der Waals surface area contributed by atoms with E-state index >= 15 is 0 Å². The van der Waals surface area contributed by atoms with Crippen LogP contribution in [0.25, 0.3) is 0 Å². The Labute approximate surface area is 161 Å². The van der Waals surface area contributed by atoms with Gasteiger partial charge in [0.05, 0.1) is 31.1 Å². The molecule has 3 rings (SSSR count). The van der Waals surface area contributed by atoms with E-state index < -0.39 is 0 Å². The number of hydrogen-bond acceptors (Lipinski definition) is 7. The monoisotopic (exact) mass is 392 g/mol. The molecule has 10 heteroatoms. The molecule has 3 heterocycles. The van der Waals surface area contributed by atoms with Gasteiger partial charge in [-0.1, -0.05) is 11.3 Å². The van der Waals surface area contributed by atoms with E-state index in [1.807, 2.05) is 19.9 Å². The first-order valence-electron chi connectivity index (χ1n) is 8.84. The van der Waals surface area contributed by atoms with Crippen molar-refractivity contribution in [1.29, 1.82) is 0 Å². The molecule has 0 saturated carbocycles. The van der Waals surface area contributed by atoms with E-state index in [0.717, 1.165) is 29.6 Å². The minimum atomic E-state index is -0.357.